The van der Waals surface area contributed by atoms with Gasteiger partial charge in [-0.1, -0.05) is 48.0 Å². The van der Waals surface area contributed by atoms with E-state index >= 15 is 0 Å². The molecule has 0 aromatic rings. The van der Waals surface area contributed by atoms with Crippen molar-refractivity contribution in [1.82, 2.24) is 4.90 Å². The maximum Gasteiger partial charge on any atom is 0.0819 e. The third-order valence-electron chi connectivity index (χ3n) is 3.04. The lowest BCUT2D eigenvalue weighted by molar-refractivity contribution is 0.188. The topological polar surface area (TPSA) is 27.1 Å². The lowest BCUT2D eigenvalue weighted by atomic mass is 9.82. The number of rotatable bonds is 7. The van der Waals surface area contributed by atoms with Crippen molar-refractivity contribution in [3.05, 3.63) is 0 Å². The Morgan fingerprint density at radius 3 is 1.94 bits per heavy atom. The Morgan fingerprint density at radius 1 is 1.18 bits per heavy atom. The molecule has 0 aliphatic carbocycles. The summed E-state index contributed by atoms with van der Waals surface area (Å²) in [4.78, 5) is 2.11. The highest BCUT2D eigenvalue weighted by molar-refractivity contribution is 5.51. The van der Waals surface area contributed by atoms with E-state index in [4.69, 9.17) is 5.41 Å². The lowest BCUT2D eigenvalue weighted by Crippen LogP contribution is -2.38. The highest BCUT2D eigenvalue weighted by Gasteiger charge is 2.23. The molecule has 0 aliphatic heterocycles. The third kappa shape index (κ3) is 9.20. The quantitative estimate of drug-likeness (QED) is 0.504. The highest BCUT2D eigenvalue weighted by atomic mass is 15.2. The Balaban J connectivity index is 0. The molecule has 1 atom stereocenters. The van der Waals surface area contributed by atoms with Crippen molar-refractivity contribution < 1.29 is 0 Å². The Labute approximate surface area is 109 Å². The molecule has 0 heterocycles. The van der Waals surface area contributed by atoms with Gasteiger partial charge in [0.05, 0.1) is 6.34 Å². The number of hydrogen-bond acceptors (Lipinski definition) is 1. The summed E-state index contributed by atoms with van der Waals surface area (Å²) < 4.78 is 0. The Hall–Kier alpha value is -0.530. The molecule has 0 saturated heterocycles. The molecule has 0 aromatic heterocycles. The molecule has 1 N–H and O–H groups in total. The second-order valence-corrected chi connectivity index (χ2v) is 5.78. The average Bonchev–Trinajstić information content (AvgIpc) is 2.27. The first-order chi connectivity index (χ1) is 7.82. The molecule has 2 heteroatoms. The van der Waals surface area contributed by atoms with Gasteiger partial charge in [0, 0.05) is 12.6 Å². The summed E-state index contributed by atoms with van der Waals surface area (Å²) in [5.41, 5.74) is 0.303. The zero-order valence-electron chi connectivity index (χ0n) is 13.3. The Bertz CT molecular complexity index is 185. The number of hydrogen-bond donors (Lipinski definition) is 1. The summed E-state index contributed by atoms with van der Waals surface area (Å²) >= 11 is 0. The van der Waals surface area contributed by atoms with E-state index < -0.39 is 0 Å². The van der Waals surface area contributed by atoms with Gasteiger partial charge >= 0.3 is 0 Å². The van der Waals surface area contributed by atoms with Gasteiger partial charge in [0.2, 0.25) is 0 Å². The molecule has 0 bridgehead atoms. The zero-order chi connectivity index (χ0) is 14.1. The molecule has 0 saturated carbocycles. The van der Waals surface area contributed by atoms with Crippen molar-refractivity contribution in [2.45, 2.75) is 74.3 Å². The normalized spacial score (nSPS) is 12.8. The fourth-order valence-electron chi connectivity index (χ4n) is 2.02. The minimum absolute atomic E-state index is 0.303. The summed E-state index contributed by atoms with van der Waals surface area (Å²) in [6.07, 6.45) is 3.96. The van der Waals surface area contributed by atoms with Crippen LogP contribution in [0.2, 0.25) is 0 Å². The van der Waals surface area contributed by atoms with Crippen molar-refractivity contribution in [1.29, 1.82) is 5.41 Å². The van der Waals surface area contributed by atoms with Crippen molar-refractivity contribution >= 4 is 6.34 Å². The van der Waals surface area contributed by atoms with E-state index in [1.807, 2.05) is 13.8 Å². The molecule has 104 valence electrons. The van der Waals surface area contributed by atoms with Crippen molar-refractivity contribution in [3.63, 3.8) is 0 Å². The second kappa shape index (κ2) is 9.49. The van der Waals surface area contributed by atoms with Crippen LogP contribution < -0.4 is 0 Å². The van der Waals surface area contributed by atoms with E-state index in [2.05, 4.69) is 46.4 Å². The molecular weight excluding hydrogens is 208 g/mol. The van der Waals surface area contributed by atoms with Crippen molar-refractivity contribution in [2.75, 3.05) is 6.54 Å². The van der Waals surface area contributed by atoms with Gasteiger partial charge in [0.25, 0.3) is 0 Å². The minimum Gasteiger partial charge on any atom is -0.360 e. The third-order valence-corrected chi connectivity index (χ3v) is 3.04. The van der Waals surface area contributed by atoms with E-state index in [1.165, 1.54) is 19.2 Å². The smallest absolute Gasteiger partial charge is 0.0819 e. The molecule has 17 heavy (non-hydrogen) atoms. The molecular formula is C15H34N2. The predicted octanol–water partition coefficient (Wildman–Crippen LogP) is 4.79. The average molecular weight is 242 g/mol. The summed E-state index contributed by atoms with van der Waals surface area (Å²) in [5, 5.41) is 7.40. The fraction of sp³-hybridized carbons (Fsp3) is 0.933. The van der Waals surface area contributed by atoms with E-state index in [1.54, 1.807) is 0 Å². The molecule has 0 spiro atoms. The Morgan fingerprint density at radius 2 is 1.65 bits per heavy atom. The molecule has 0 fully saturated rings. The van der Waals surface area contributed by atoms with E-state index in [0.717, 1.165) is 12.5 Å². The number of nitrogens with one attached hydrogen (secondary N) is 1. The summed E-state index contributed by atoms with van der Waals surface area (Å²) in [5.74, 6) is 0.778. The van der Waals surface area contributed by atoms with Gasteiger partial charge in [0.1, 0.15) is 0 Å². The largest absolute Gasteiger partial charge is 0.360 e. The van der Waals surface area contributed by atoms with Crippen LogP contribution in [0.15, 0.2) is 0 Å². The molecule has 0 aromatic carbocycles. The first-order valence-corrected chi connectivity index (χ1v) is 7.08. The van der Waals surface area contributed by atoms with Crippen LogP contribution >= 0.6 is 0 Å². The summed E-state index contributed by atoms with van der Waals surface area (Å²) in [6.45, 7) is 18.4. The first kappa shape index (κ1) is 18.8. The van der Waals surface area contributed by atoms with Gasteiger partial charge in [-0.05, 0) is 31.6 Å². The van der Waals surface area contributed by atoms with Crippen molar-refractivity contribution in [3.8, 4) is 0 Å². The van der Waals surface area contributed by atoms with Crippen LogP contribution in [-0.4, -0.2) is 23.8 Å². The van der Waals surface area contributed by atoms with E-state index in [-0.39, 0.29) is 0 Å². The van der Waals surface area contributed by atoms with Gasteiger partial charge in [-0.15, -0.1) is 0 Å². The summed E-state index contributed by atoms with van der Waals surface area (Å²) in [6, 6.07) is 0.429. The maximum atomic E-state index is 7.40. The lowest BCUT2D eigenvalue weighted by Gasteiger charge is -2.35. The van der Waals surface area contributed by atoms with Gasteiger partial charge < -0.3 is 4.90 Å². The van der Waals surface area contributed by atoms with Gasteiger partial charge in [-0.25, -0.2) is 0 Å². The van der Waals surface area contributed by atoms with Crippen molar-refractivity contribution in [2.24, 2.45) is 11.3 Å². The highest BCUT2D eigenvalue weighted by Crippen LogP contribution is 2.28. The van der Waals surface area contributed by atoms with Crippen LogP contribution in [0.5, 0.6) is 0 Å². The molecule has 2 nitrogen and oxygen atoms in total. The predicted molar refractivity (Wildman–Crippen MR) is 79.8 cm³/mol. The standard InChI is InChI=1S/C13H28N2.C2H6/c1-7-12(4)8-13(5,6)9-15(10-14)11(2)3;1-2/h10-12,14H,7-9H2,1-6H3;1-2H3. The second-order valence-electron chi connectivity index (χ2n) is 5.78. The summed E-state index contributed by atoms with van der Waals surface area (Å²) in [7, 11) is 0. The SMILES string of the molecule is CC.CCC(C)CC(C)(C)CN(C=N)C(C)C. The van der Waals surface area contributed by atoms with Crippen LogP contribution in [0.1, 0.15) is 68.2 Å². The van der Waals surface area contributed by atoms with Gasteiger partial charge in [-0.3, -0.25) is 5.41 Å². The monoisotopic (exact) mass is 242 g/mol. The van der Waals surface area contributed by atoms with Crippen LogP contribution in [0.25, 0.3) is 0 Å². The fourth-order valence-corrected chi connectivity index (χ4v) is 2.02. The number of nitrogens with zero attached hydrogens (tertiary/aromatic N) is 1. The molecule has 0 aliphatic rings. The van der Waals surface area contributed by atoms with Crippen LogP contribution in [0.3, 0.4) is 0 Å². The molecule has 0 radical (unpaired) electrons. The van der Waals surface area contributed by atoms with Crippen LogP contribution in [0.4, 0.5) is 0 Å². The van der Waals surface area contributed by atoms with Gasteiger partial charge in [-0.2, -0.15) is 0 Å². The van der Waals surface area contributed by atoms with Crippen LogP contribution in [-0.2, 0) is 0 Å². The van der Waals surface area contributed by atoms with E-state index in [9.17, 15) is 0 Å². The molecule has 1 unspecified atom stereocenters. The maximum absolute atomic E-state index is 7.40. The minimum atomic E-state index is 0.303. The molecule has 0 rings (SSSR count). The van der Waals surface area contributed by atoms with Gasteiger partial charge in [0.15, 0.2) is 0 Å². The van der Waals surface area contributed by atoms with Crippen LogP contribution in [0, 0.1) is 16.7 Å². The zero-order valence-corrected chi connectivity index (χ0v) is 13.3. The van der Waals surface area contributed by atoms with E-state index in [0.29, 0.717) is 11.5 Å². The first-order valence-electron chi connectivity index (χ1n) is 7.08. The Kier molecular flexibility index (Phi) is 10.5. The molecule has 0 amide bonds.